The summed E-state index contributed by atoms with van der Waals surface area (Å²) in [4.78, 5) is 10.3. The van der Waals surface area contributed by atoms with Crippen molar-refractivity contribution in [3.63, 3.8) is 0 Å². The molecular weight excluding hydrogens is 338 g/mol. The normalized spacial score (nSPS) is 12.0. The van der Waals surface area contributed by atoms with Crippen LogP contribution in [-0.2, 0) is 0 Å². The number of rotatable bonds is 4. The van der Waals surface area contributed by atoms with Crippen molar-refractivity contribution in [1.29, 1.82) is 0 Å². The predicted molar refractivity (Wildman–Crippen MR) is 82.7 cm³/mol. The van der Waals surface area contributed by atoms with Crippen LogP contribution in [0.3, 0.4) is 0 Å². The molecule has 0 unspecified atom stereocenters. The molecule has 0 aromatic heterocycles. The Morgan fingerprint density at radius 2 is 2.00 bits per heavy atom. The summed E-state index contributed by atoms with van der Waals surface area (Å²) in [5.41, 5.74) is 1.53. The number of nitro groups is 1. The van der Waals surface area contributed by atoms with Crippen molar-refractivity contribution in [2.24, 2.45) is 0 Å². The lowest BCUT2D eigenvalue weighted by molar-refractivity contribution is -0.384. The van der Waals surface area contributed by atoms with E-state index in [1.165, 1.54) is 12.1 Å². The zero-order chi connectivity index (χ0) is 15.6. The Morgan fingerprint density at radius 1 is 1.29 bits per heavy atom. The van der Waals surface area contributed by atoms with E-state index >= 15 is 0 Å². The fraction of sp³-hybridized carbons (Fsp3) is 0.200. The average Bonchev–Trinajstić information content (AvgIpc) is 2.40. The van der Waals surface area contributed by atoms with Crippen molar-refractivity contribution in [1.82, 2.24) is 0 Å². The first kappa shape index (κ1) is 15.5. The number of nitro benzene ring substituents is 1. The monoisotopic (exact) mass is 351 g/mol. The maximum atomic E-state index is 10.8. The Labute approximate surface area is 130 Å². The van der Waals surface area contributed by atoms with Gasteiger partial charge in [-0.05, 0) is 43.2 Å². The first-order chi connectivity index (χ1) is 9.88. The molecule has 0 amide bonds. The number of aliphatic hydroxyl groups is 1. The Bertz CT molecular complexity index is 685. The highest BCUT2D eigenvalue weighted by molar-refractivity contribution is 9.10. The summed E-state index contributed by atoms with van der Waals surface area (Å²) in [6, 6.07) is 9.66. The lowest BCUT2D eigenvalue weighted by atomic mass is 10.1. The molecule has 6 heteroatoms. The van der Waals surface area contributed by atoms with Gasteiger partial charge in [0.2, 0.25) is 0 Å². The molecule has 1 N–H and O–H groups in total. The van der Waals surface area contributed by atoms with Crippen molar-refractivity contribution in [3.8, 4) is 11.5 Å². The molecule has 0 radical (unpaired) electrons. The van der Waals surface area contributed by atoms with E-state index in [4.69, 9.17) is 4.74 Å². The van der Waals surface area contributed by atoms with Crippen LogP contribution < -0.4 is 4.74 Å². The van der Waals surface area contributed by atoms with Crippen LogP contribution >= 0.6 is 15.9 Å². The molecule has 0 aliphatic carbocycles. The minimum Gasteiger partial charge on any atom is -0.457 e. The van der Waals surface area contributed by atoms with Gasteiger partial charge in [-0.15, -0.1) is 0 Å². The molecule has 110 valence electrons. The summed E-state index contributed by atoms with van der Waals surface area (Å²) in [7, 11) is 0. The van der Waals surface area contributed by atoms with Crippen molar-refractivity contribution in [2.75, 3.05) is 0 Å². The summed E-state index contributed by atoms with van der Waals surface area (Å²) < 4.78 is 6.42. The van der Waals surface area contributed by atoms with Crippen molar-refractivity contribution in [2.45, 2.75) is 20.0 Å². The average molecular weight is 352 g/mol. The molecule has 0 spiro atoms. The van der Waals surface area contributed by atoms with Crippen LogP contribution in [0.5, 0.6) is 11.5 Å². The van der Waals surface area contributed by atoms with Crippen molar-refractivity contribution in [3.05, 3.63) is 62.1 Å². The molecule has 0 aliphatic heterocycles. The standard InChI is InChI=1S/C15H14BrNO4/c1-9-3-4-11(17(19)20)7-15(9)21-12-5-6-13(10(2)18)14(16)8-12/h3-8,10,18H,1-2H3/t10-/m1/s1. The molecule has 2 aromatic rings. The second-order valence-corrected chi connectivity index (χ2v) is 5.52. The molecular formula is C15H14BrNO4. The minimum absolute atomic E-state index is 0.0183. The maximum absolute atomic E-state index is 10.8. The topological polar surface area (TPSA) is 72.6 Å². The van der Waals surface area contributed by atoms with Gasteiger partial charge in [0, 0.05) is 10.5 Å². The van der Waals surface area contributed by atoms with E-state index in [0.29, 0.717) is 11.5 Å². The molecule has 0 bridgehead atoms. The van der Waals surface area contributed by atoms with Crippen LogP contribution in [0, 0.1) is 17.0 Å². The quantitative estimate of drug-likeness (QED) is 0.649. The molecule has 0 heterocycles. The number of nitrogens with zero attached hydrogens (tertiary/aromatic N) is 1. The second kappa shape index (κ2) is 6.24. The molecule has 2 aromatic carbocycles. The molecule has 2 rings (SSSR count). The third kappa shape index (κ3) is 3.59. The number of benzene rings is 2. The highest BCUT2D eigenvalue weighted by Gasteiger charge is 2.12. The van der Waals surface area contributed by atoms with E-state index in [0.717, 1.165) is 15.6 Å². The summed E-state index contributed by atoms with van der Waals surface area (Å²) in [6.07, 6.45) is -0.590. The number of halogens is 1. The Morgan fingerprint density at radius 3 is 2.57 bits per heavy atom. The molecule has 5 nitrogen and oxygen atoms in total. The molecule has 0 aliphatic rings. The third-order valence-electron chi connectivity index (χ3n) is 3.03. The van der Waals surface area contributed by atoms with Gasteiger partial charge in [0.25, 0.3) is 5.69 Å². The smallest absolute Gasteiger partial charge is 0.273 e. The Kier molecular flexibility index (Phi) is 4.59. The second-order valence-electron chi connectivity index (χ2n) is 4.67. The lowest BCUT2D eigenvalue weighted by Crippen LogP contribution is -1.95. The summed E-state index contributed by atoms with van der Waals surface area (Å²) in [6.45, 7) is 3.49. The zero-order valence-electron chi connectivity index (χ0n) is 11.5. The van der Waals surface area contributed by atoms with Gasteiger partial charge in [-0.2, -0.15) is 0 Å². The summed E-state index contributed by atoms with van der Waals surface area (Å²) in [5, 5.41) is 20.4. The molecule has 21 heavy (non-hydrogen) atoms. The zero-order valence-corrected chi connectivity index (χ0v) is 13.1. The van der Waals surface area contributed by atoms with E-state index in [2.05, 4.69) is 15.9 Å². The number of ether oxygens (including phenoxy) is 1. The third-order valence-corrected chi connectivity index (χ3v) is 3.72. The lowest BCUT2D eigenvalue weighted by Gasteiger charge is -2.12. The molecule has 0 saturated carbocycles. The van der Waals surface area contributed by atoms with Gasteiger partial charge in [0.15, 0.2) is 0 Å². The summed E-state index contributed by atoms with van der Waals surface area (Å²) in [5.74, 6) is 0.968. The van der Waals surface area contributed by atoms with E-state index < -0.39 is 11.0 Å². The maximum Gasteiger partial charge on any atom is 0.273 e. The number of non-ortho nitro benzene ring substituents is 1. The Balaban J connectivity index is 2.32. The van der Waals surface area contributed by atoms with Gasteiger partial charge >= 0.3 is 0 Å². The van der Waals surface area contributed by atoms with Crippen LogP contribution in [0.4, 0.5) is 5.69 Å². The molecule has 0 saturated heterocycles. The number of aliphatic hydroxyl groups excluding tert-OH is 1. The van der Waals surface area contributed by atoms with Crippen LogP contribution in [0.15, 0.2) is 40.9 Å². The van der Waals surface area contributed by atoms with E-state index in [9.17, 15) is 15.2 Å². The van der Waals surface area contributed by atoms with Gasteiger partial charge in [0.1, 0.15) is 11.5 Å². The van der Waals surface area contributed by atoms with Gasteiger partial charge in [0.05, 0.1) is 17.1 Å². The van der Waals surface area contributed by atoms with Crippen molar-refractivity contribution >= 4 is 21.6 Å². The highest BCUT2D eigenvalue weighted by Crippen LogP contribution is 2.32. The first-order valence-electron chi connectivity index (χ1n) is 6.29. The fourth-order valence-electron chi connectivity index (χ4n) is 1.85. The summed E-state index contributed by atoms with van der Waals surface area (Å²) >= 11 is 3.37. The van der Waals surface area contributed by atoms with Gasteiger partial charge in [-0.25, -0.2) is 0 Å². The van der Waals surface area contributed by atoms with Crippen LogP contribution in [-0.4, -0.2) is 10.0 Å². The van der Waals surface area contributed by atoms with Gasteiger partial charge < -0.3 is 9.84 Å². The van der Waals surface area contributed by atoms with Crippen LogP contribution in [0.1, 0.15) is 24.2 Å². The van der Waals surface area contributed by atoms with Crippen molar-refractivity contribution < 1.29 is 14.8 Å². The number of hydrogen-bond donors (Lipinski definition) is 1. The van der Waals surface area contributed by atoms with E-state index in [-0.39, 0.29) is 5.69 Å². The van der Waals surface area contributed by atoms with Crippen LogP contribution in [0.2, 0.25) is 0 Å². The fourth-order valence-corrected chi connectivity index (χ4v) is 2.54. The van der Waals surface area contributed by atoms with E-state index in [1.54, 1.807) is 31.2 Å². The number of hydrogen-bond acceptors (Lipinski definition) is 4. The first-order valence-corrected chi connectivity index (χ1v) is 7.08. The molecule has 0 fully saturated rings. The highest BCUT2D eigenvalue weighted by atomic mass is 79.9. The SMILES string of the molecule is Cc1ccc([N+](=O)[O-])cc1Oc1ccc([C@@H](C)O)c(Br)c1. The van der Waals surface area contributed by atoms with Gasteiger partial charge in [-0.1, -0.05) is 22.0 Å². The molecule has 1 atom stereocenters. The van der Waals surface area contributed by atoms with Gasteiger partial charge in [-0.3, -0.25) is 10.1 Å². The largest absolute Gasteiger partial charge is 0.457 e. The predicted octanol–water partition coefficient (Wildman–Crippen LogP) is 4.51. The number of aryl methyl sites for hydroxylation is 1. The minimum atomic E-state index is -0.590. The Hall–Kier alpha value is -1.92. The van der Waals surface area contributed by atoms with E-state index in [1.807, 2.05) is 6.92 Å². The van der Waals surface area contributed by atoms with Crippen LogP contribution in [0.25, 0.3) is 0 Å².